The van der Waals surface area contributed by atoms with Crippen molar-refractivity contribution in [3.63, 3.8) is 0 Å². The van der Waals surface area contributed by atoms with Crippen LogP contribution in [-0.4, -0.2) is 45.7 Å². The molecule has 0 unspecified atom stereocenters. The summed E-state index contributed by atoms with van der Waals surface area (Å²) in [7, 11) is 0. The van der Waals surface area contributed by atoms with Crippen molar-refractivity contribution in [2.45, 2.75) is 30.7 Å². The summed E-state index contributed by atoms with van der Waals surface area (Å²) in [6, 6.07) is 6.48. The fraction of sp³-hybridized carbons (Fsp3) is 0.368. The molecule has 3 fully saturated rings. The van der Waals surface area contributed by atoms with E-state index in [2.05, 4.69) is 9.97 Å². The zero-order chi connectivity index (χ0) is 19.5. The van der Waals surface area contributed by atoms with Gasteiger partial charge in [0.1, 0.15) is 41.8 Å². The lowest BCUT2D eigenvalue weighted by molar-refractivity contribution is -0.140. The Balaban J connectivity index is 1.37. The highest BCUT2D eigenvalue weighted by atomic mass is 19.1. The zero-order valence-corrected chi connectivity index (χ0v) is 14.7. The molecule has 4 heterocycles. The Morgan fingerprint density at radius 2 is 1.89 bits per heavy atom. The summed E-state index contributed by atoms with van der Waals surface area (Å²) < 4.78 is 33.4. The van der Waals surface area contributed by atoms with Crippen molar-refractivity contribution < 1.29 is 18.3 Å². The number of fused-ring (bicyclic) bond motifs is 1. The summed E-state index contributed by atoms with van der Waals surface area (Å²) >= 11 is 0. The lowest BCUT2D eigenvalue weighted by Crippen LogP contribution is -2.67. The molecule has 2 aromatic rings. The Morgan fingerprint density at radius 1 is 1.14 bits per heavy atom. The van der Waals surface area contributed by atoms with Crippen LogP contribution >= 0.6 is 0 Å². The second-order valence-corrected chi connectivity index (χ2v) is 7.30. The van der Waals surface area contributed by atoms with Crippen molar-refractivity contribution in [1.29, 1.82) is 5.26 Å². The van der Waals surface area contributed by atoms with Gasteiger partial charge in [-0.1, -0.05) is 0 Å². The van der Waals surface area contributed by atoms with E-state index in [-0.39, 0.29) is 11.6 Å². The largest absolute Gasteiger partial charge is 0.349 e. The van der Waals surface area contributed by atoms with Gasteiger partial charge >= 0.3 is 0 Å². The number of halogens is 2. The van der Waals surface area contributed by atoms with Crippen molar-refractivity contribution in [1.82, 2.24) is 14.9 Å². The lowest BCUT2D eigenvalue weighted by atomic mass is 9.92. The van der Waals surface area contributed by atoms with E-state index >= 15 is 0 Å². The molecule has 5 rings (SSSR count). The average molecular weight is 383 g/mol. The number of hydrogen-bond donors (Lipinski definition) is 0. The molecule has 7 nitrogen and oxygen atoms in total. The fourth-order valence-electron chi connectivity index (χ4n) is 4.33. The van der Waals surface area contributed by atoms with E-state index < -0.39 is 29.5 Å². The minimum atomic E-state index is -0.979. The smallest absolute Gasteiger partial charge is 0.261 e. The number of carbonyl (C=O) groups is 1. The number of hydrogen-bond acceptors (Lipinski definition) is 6. The van der Waals surface area contributed by atoms with E-state index in [1.54, 1.807) is 11.0 Å². The normalized spacial score (nSPS) is 25.0. The quantitative estimate of drug-likeness (QED) is 0.788. The van der Waals surface area contributed by atoms with Crippen LogP contribution in [0.25, 0.3) is 0 Å². The van der Waals surface area contributed by atoms with Crippen LogP contribution in [0.2, 0.25) is 0 Å². The van der Waals surface area contributed by atoms with Gasteiger partial charge in [0.2, 0.25) is 0 Å². The van der Waals surface area contributed by atoms with Crippen LogP contribution in [0.15, 0.2) is 30.6 Å². The highest BCUT2D eigenvalue weighted by molar-refractivity contribution is 5.91. The van der Waals surface area contributed by atoms with Crippen LogP contribution in [-0.2, 0) is 9.53 Å². The molecule has 1 aromatic carbocycles. The third-order valence-electron chi connectivity index (χ3n) is 5.57. The third-order valence-corrected chi connectivity index (χ3v) is 5.57. The molecule has 3 saturated heterocycles. The van der Waals surface area contributed by atoms with Crippen molar-refractivity contribution in [2.24, 2.45) is 0 Å². The minimum Gasteiger partial charge on any atom is -0.349 e. The van der Waals surface area contributed by atoms with Crippen molar-refractivity contribution in [3.05, 3.63) is 53.5 Å². The second kappa shape index (κ2) is 5.94. The molecule has 9 heteroatoms. The van der Waals surface area contributed by atoms with Crippen LogP contribution in [0.1, 0.15) is 30.1 Å². The zero-order valence-electron chi connectivity index (χ0n) is 14.7. The molecule has 0 radical (unpaired) electrons. The first-order chi connectivity index (χ1) is 13.5. The Labute approximate surface area is 159 Å². The Morgan fingerprint density at radius 3 is 2.61 bits per heavy atom. The van der Waals surface area contributed by atoms with E-state index in [1.807, 2.05) is 11.0 Å². The summed E-state index contributed by atoms with van der Waals surface area (Å²) in [4.78, 5) is 24.6. The van der Waals surface area contributed by atoms with Crippen LogP contribution in [0.4, 0.5) is 14.6 Å². The Bertz CT molecular complexity index is 997. The molecule has 3 aliphatic rings. The maximum absolute atomic E-state index is 13.6. The molecule has 3 aliphatic heterocycles. The number of carbonyl (C=O) groups excluding carboxylic acids is 1. The van der Waals surface area contributed by atoms with Crippen molar-refractivity contribution >= 4 is 11.7 Å². The first-order valence-corrected chi connectivity index (χ1v) is 8.93. The maximum atomic E-state index is 13.6. The highest BCUT2D eigenvalue weighted by Gasteiger charge is 2.63. The number of aromatic nitrogens is 2. The number of nitrogens with zero attached hydrogens (tertiary/aromatic N) is 5. The third kappa shape index (κ3) is 2.45. The van der Waals surface area contributed by atoms with E-state index in [0.29, 0.717) is 37.3 Å². The number of ether oxygens (including phenoxy) is 1. The van der Waals surface area contributed by atoms with Gasteiger partial charge in [0.15, 0.2) is 5.60 Å². The standard InChI is InChI=1S/C19H15F2N5O2/c20-12-3-11(4-13(21)5-12)15-1-2-17-26(15)18(27)19(28-17)8-25(9-19)16-6-14(7-22)23-10-24-16/h3-6,10,15,17H,1-2,8-9H2/t15-,17+/m0/s1. The summed E-state index contributed by atoms with van der Waals surface area (Å²) in [5.41, 5.74) is -0.287. The summed E-state index contributed by atoms with van der Waals surface area (Å²) in [5.74, 6) is -0.930. The number of amides is 1. The minimum absolute atomic E-state index is 0.171. The molecule has 0 bridgehead atoms. The molecule has 28 heavy (non-hydrogen) atoms. The molecule has 0 aliphatic carbocycles. The lowest BCUT2D eigenvalue weighted by Gasteiger charge is -2.46. The van der Waals surface area contributed by atoms with Gasteiger partial charge < -0.3 is 14.5 Å². The Hall–Kier alpha value is -3.12. The molecule has 1 spiro atoms. The van der Waals surface area contributed by atoms with Gasteiger partial charge in [-0.15, -0.1) is 0 Å². The average Bonchev–Trinajstić information content (AvgIpc) is 3.18. The van der Waals surface area contributed by atoms with Gasteiger partial charge in [-0.05, 0) is 30.5 Å². The molecular weight excluding hydrogens is 368 g/mol. The fourth-order valence-corrected chi connectivity index (χ4v) is 4.33. The second-order valence-electron chi connectivity index (χ2n) is 7.30. The summed E-state index contributed by atoms with van der Waals surface area (Å²) in [6.07, 6.45) is 2.12. The highest BCUT2D eigenvalue weighted by Crippen LogP contribution is 2.47. The predicted molar refractivity (Wildman–Crippen MR) is 91.7 cm³/mol. The Kier molecular flexibility index (Phi) is 3.61. The van der Waals surface area contributed by atoms with Crippen LogP contribution in [0.3, 0.4) is 0 Å². The van der Waals surface area contributed by atoms with Crippen molar-refractivity contribution in [3.8, 4) is 6.07 Å². The molecule has 0 N–H and O–H groups in total. The first kappa shape index (κ1) is 17.0. The van der Waals surface area contributed by atoms with Gasteiger partial charge in [-0.2, -0.15) is 5.26 Å². The van der Waals surface area contributed by atoms with Gasteiger partial charge in [-0.25, -0.2) is 18.7 Å². The molecule has 1 amide bonds. The number of nitriles is 1. The topological polar surface area (TPSA) is 82.4 Å². The number of rotatable bonds is 2. The summed E-state index contributed by atoms with van der Waals surface area (Å²) in [6.45, 7) is 0.621. The van der Waals surface area contributed by atoms with Crippen LogP contribution in [0, 0.1) is 23.0 Å². The predicted octanol–water partition coefficient (Wildman–Crippen LogP) is 1.91. The summed E-state index contributed by atoms with van der Waals surface area (Å²) in [5, 5.41) is 8.97. The van der Waals surface area contributed by atoms with Crippen LogP contribution in [0.5, 0.6) is 0 Å². The van der Waals surface area contributed by atoms with Gasteiger partial charge in [0.05, 0.1) is 19.1 Å². The maximum Gasteiger partial charge on any atom is 0.261 e. The molecule has 2 atom stereocenters. The SMILES string of the molecule is N#Cc1cc(N2CC3(C2)O[C@@H]2CC[C@@H](c4cc(F)cc(F)c4)N2C3=O)ncn1. The van der Waals surface area contributed by atoms with Gasteiger partial charge in [-0.3, -0.25) is 4.79 Å². The van der Waals surface area contributed by atoms with E-state index in [1.165, 1.54) is 18.5 Å². The molecule has 142 valence electrons. The molecular formula is C19H15F2N5O2. The molecule has 1 aromatic heterocycles. The van der Waals surface area contributed by atoms with Crippen LogP contribution < -0.4 is 4.90 Å². The first-order valence-electron chi connectivity index (χ1n) is 8.93. The van der Waals surface area contributed by atoms with E-state index in [9.17, 15) is 13.6 Å². The number of benzene rings is 1. The number of anilines is 1. The van der Waals surface area contributed by atoms with E-state index in [4.69, 9.17) is 10.00 Å². The van der Waals surface area contributed by atoms with Gasteiger partial charge in [0.25, 0.3) is 5.91 Å². The van der Waals surface area contributed by atoms with Gasteiger partial charge in [0, 0.05) is 12.1 Å². The van der Waals surface area contributed by atoms with E-state index in [0.717, 1.165) is 6.07 Å². The molecule has 0 saturated carbocycles. The van der Waals surface area contributed by atoms with Crippen molar-refractivity contribution in [2.75, 3.05) is 18.0 Å². The monoisotopic (exact) mass is 383 g/mol.